The Morgan fingerprint density at radius 2 is 1.59 bits per heavy atom. The van der Waals surface area contributed by atoms with E-state index in [1.165, 1.54) is 32.1 Å². The highest BCUT2D eigenvalue weighted by atomic mass is 16.4. The van der Waals surface area contributed by atoms with E-state index in [0.29, 0.717) is 18.8 Å². The van der Waals surface area contributed by atoms with Gasteiger partial charge in [-0.25, -0.2) is 0 Å². The van der Waals surface area contributed by atoms with Crippen LogP contribution in [0.4, 0.5) is 0 Å². The van der Waals surface area contributed by atoms with E-state index in [2.05, 4.69) is 10.6 Å². The van der Waals surface area contributed by atoms with Gasteiger partial charge in [-0.15, -0.1) is 0 Å². The summed E-state index contributed by atoms with van der Waals surface area (Å²) in [6.45, 7) is 3.73. The van der Waals surface area contributed by atoms with Gasteiger partial charge in [-0.2, -0.15) is 0 Å². The zero-order valence-corrected chi connectivity index (χ0v) is 16.9. The van der Waals surface area contributed by atoms with Gasteiger partial charge < -0.3 is 15.7 Å². The molecule has 3 N–H and O–H groups in total. The molecule has 2 amide bonds. The first-order valence-corrected chi connectivity index (χ1v) is 10.6. The number of nitrogens with one attached hydrogen (secondary N) is 2. The lowest BCUT2D eigenvalue weighted by molar-refractivity contribution is -0.138. The molecular formula is C21H36N2O4. The number of rotatable bonds is 8. The van der Waals surface area contributed by atoms with Crippen LogP contribution in [0.1, 0.15) is 90.9 Å². The largest absolute Gasteiger partial charge is 0.481 e. The zero-order valence-electron chi connectivity index (χ0n) is 16.9. The van der Waals surface area contributed by atoms with Crippen LogP contribution in [0.25, 0.3) is 0 Å². The van der Waals surface area contributed by atoms with Crippen molar-refractivity contribution in [1.29, 1.82) is 0 Å². The molecule has 0 aromatic rings. The molecule has 0 atom stereocenters. The molecule has 6 heteroatoms. The fourth-order valence-electron chi connectivity index (χ4n) is 4.36. The molecule has 154 valence electrons. The van der Waals surface area contributed by atoms with Crippen molar-refractivity contribution in [2.45, 2.75) is 102 Å². The first kappa shape index (κ1) is 21.7. The molecule has 2 fully saturated rings. The first-order valence-electron chi connectivity index (χ1n) is 10.6. The van der Waals surface area contributed by atoms with E-state index in [9.17, 15) is 14.4 Å². The van der Waals surface area contributed by atoms with Gasteiger partial charge in [-0.05, 0) is 64.7 Å². The minimum absolute atomic E-state index is 0.0115. The van der Waals surface area contributed by atoms with Crippen LogP contribution in [0.5, 0.6) is 0 Å². The van der Waals surface area contributed by atoms with Crippen molar-refractivity contribution < 1.29 is 19.5 Å². The molecular weight excluding hydrogens is 344 g/mol. The van der Waals surface area contributed by atoms with Crippen LogP contribution >= 0.6 is 0 Å². The second kappa shape index (κ2) is 10.1. The highest BCUT2D eigenvalue weighted by Crippen LogP contribution is 2.28. The molecule has 0 aliphatic heterocycles. The second-order valence-corrected chi connectivity index (χ2v) is 9.09. The number of hydrogen-bond acceptors (Lipinski definition) is 3. The molecule has 0 saturated heterocycles. The van der Waals surface area contributed by atoms with Crippen LogP contribution < -0.4 is 10.6 Å². The Bertz CT molecular complexity index is 518. The Balaban J connectivity index is 1.68. The number of carboxylic acid groups (broad SMARTS) is 1. The third-order valence-corrected chi connectivity index (χ3v) is 6.09. The second-order valence-electron chi connectivity index (χ2n) is 9.09. The summed E-state index contributed by atoms with van der Waals surface area (Å²) in [5.41, 5.74) is -0.513. The van der Waals surface area contributed by atoms with Crippen molar-refractivity contribution in [3.8, 4) is 0 Å². The van der Waals surface area contributed by atoms with Gasteiger partial charge in [0.2, 0.25) is 11.8 Å². The quantitative estimate of drug-likeness (QED) is 0.601. The Hall–Kier alpha value is -1.59. The zero-order chi connectivity index (χ0) is 19.9. The highest BCUT2D eigenvalue weighted by molar-refractivity contribution is 5.80. The van der Waals surface area contributed by atoms with Gasteiger partial charge in [0.1, 0.15) is 0 Å². The van der Waals surface area contributed by atoms with Crippen LogP contribution in [0.2, 0.25) is 0 Å². The number of hydrogen-bond donors (Lipinski definition) is 3. The maximum Gasteiger partial charge on any atom is 0.303 e. The van der Waals surface area contributed by atoms with E-state index in [-0.39, 0.29) is 30.2 Å². The molecule has 0 heterocycles. The van der Waals surface area contributed by atoms with Crippen LogP contribution in [0, 0.1) is 11.8 Å². The fourth-order valence-corrected chi connectivity index (χ4v) is 4.36. The average Bonchev–Trinajstić information content (AvgIpc) is 2.61. The Labute approximate surface area is 162 Å². The predicted molar refractivity (Wildman–Crippen MR) is 104 cm³/mol. The van der Waals surface area contributed by atoms with Crippen molar-refractivity contribution in [2.24, 2.45) is 11.8 Å². The van der Waals surface area contributed by atoms with E-state index in [4.69, 9.17) is 5.11 Å². The molecule has 0 aromatic carbocycles. The summed E-state index contributed by atoms with van der Waals surface area (Å²) in [6, 6.07) is 0.185. The highest BCUT2D eigenvalue weighted by Gasteiger charge is 2.30. The van der Waals surface area contributed by atoms with Crippen molar-refractivity contribution in [2.75, 3.05) is 0 Å². The van der Waals surface area contributed by atoms with Crippen molar-refractivity contribution in [3.63, 3.8) is 0 Å². The molecule has 0 spiro atoms. The van der Waals surface area contributed by atoms with Gasteiger partial charge in [0.15, 0.2) is 0 Å². The van der Waals surface area contributed by atoms with Gasteiger partial charge in [0, 0.05) is 30.3 Å². The first-order chi connectivity index (χ1) is 12.7. The fraction of sp³-hybridized carbons (Fsp3) is 0.857. The normalized spacial score (nSPS) is 24.2. The summed E-state index contributed by atoms with van der Waals surface area (Å²) in [5, 5.41) is 15.0. The number of carbonyl (C=O) groups is 3. The van der Waals surface area contributed by atoms with E-state index in [1.54, 1.807) is 0 Å². The maximum absolute atomic E-state index is 12.5. The van der Waals surface area contributed by atoms with E-state index < -0.39 is 11.5 Å². The van der Waals surface area contributed by atoms with Crippen LogP contribution in [0.3, 0.4) is 0 Å². The minimum Gasteiger partial charge on any atom is -0.481 e. The summed E-state index contributed by atoms with van der Waals surface area (Å²) >= 11 is 0. The topological polar surface area (TPSA) is 95.5 Å². The lowest BCUT2D eigenvalue weighted by Crippen LogP contribution is -2.48. The molecule has 2 aliphatic carbocycles. The summed E-state index contributed by atoms with van der Waals surface area (Å²) in [6.07, 6.45) is 10.5. The molecule has 0 radical (unpaired) electrons. The smallest absolute Gasteiger partial charge is 0.303 e. The van der Waals surface area contributed by atoms with Crippen molar-refractivity contribution in [3.05, 3.63) is 0 Å². The molecule has 0 aromatic heterocycles. The van der Waals surface area contributed by atoms with Crippen LogP contribution in [0.15, 0.2) is 0 Å². The van der Waals surface area contributed by atoms with Gasteiger partial charge >= 0.3 is 5.97 Å². The van der Waals surface area contributed by atoms with Gasteiger partial charge in [0.05, 0.1) is 0 Å². The molecule has 2 saturated carbocycles. The summed E-state index contributed by atoms with van der Waals surface area (Å²) in [7, 11) is 0. The molecule has 6 nitrogen and oxygen atoms in total. The van der Waals surface area contributed by atoms with Crippen LogP contribution in [-0.4, -0.2) is 34.5 Å². The van der Waals surface area contributed by atoms with Gasteiger partial charge in [0.25, 0.3) is 0 Å². The number of carboxylic acids is 1. The molecule has 0 bridgehead atoms. The third kappa shape index (κ3) is 7.89. The molecule has 2 rings (SSSR count). The Kier molecular flexibility index (Phi) is 8.11. The predicted octanol–water partition coefficient (Wildman–Crippen LogP) is 3.39. The van der Waals surface area contributed by atoms with Gasteiger partial charge in [-0.1, -0.05) is 19.3 Å². The minimum atomic E-state index is -0.846. The molecule has 0 unspecified atom stereocenters. The SMILES string of the molecule is CC(C)(CCC(=O)O)NC(=O)C1CCC(NC(=O)CC2CCCCC2)CC1. The molecule has 2 aliphatic rings. The Morgan fingerprint density at radius 1 is 0.963 bits per heavy atom. The van der Waals surface area contributed by atoms with Crippen LogP contribution in [-0.2, 0) is 14.4 Å². The summed E-state index contributed by atoms with van der Waals surface area (Å²) in [4.78, 5) is 35.5. The maximum atomic E-state index is 12.5. The summed E-state index contributed by atoms with van der Waals surface area (Å²) in [5.74, 6) is -0.154. The average molecular weight is 381 g/mol. The van der Waals surface area contributed by atoms with Crippen molar-refractivity contribution >= 4 is 17.8 Å². The number of aliphatic carboxylic acids is 1. The summed E-state index contributed by atoms with van der Waals surface area (Å²) < 4.78 is 0. The van der Waals surface area contributed by atoms with E-state index in [0.717, 1.165) is 25.7 Å². The van der Waals surface area contributed by atoms with Crippen molar-refractivity contribution in [1.82, 2.24) is 10.6 Å². The van der Waals surface area contributed by atoms with E-state index >= 15 is 0 Å². The molecule has 27 heavy (non-hydrogen) atoms. The van der Waals surface area contributed by atoms with Gasteiger partial charge in [-0.3, -0.25) is 14.4 Å². The number of amides is 2. The number of carbonyl (C=O) groups excluding carboxylic acids is 2. The lowest BCUT2D eigenvalue weighted by Gasteiger charge is -2.32. The standard InChI is InChI=1S/C21H36N2O4/c1-21(2,13-12-19(25)26)23-20(27)16-8-10-17(11-9-16)22-18(24)14-15-6-4-3-5-7-15/h15-17H,3-14H2,1-2H3,(H,22,24)(H,23,27)(H,25,26). The monoisotopic (exact) mass is 380 g/mol. The lowest BCUT2D eigenvalue weighted by atomic mass is 9.84. The Morgan fingerprint density at radius 3 is 2.19 bits per heavy atom. The third-order valence-electron chi connectivity index (χ3n) is 6.09. The van der Waals surface area contributed by atoms with E-state index in [1.807, 2.05) is 13.8 Å².